The number of likely N-dealkylation sites (N-methyl/N-ethyl adjacent to an activating group) is 1. The average molecular weight is 687 g/mol. The van der Waals surface area contributed by atoms with Gasteiger partial charge < -0.3 is 24.6 Å². The third-order valence-corrected chi connectivity index (χ3v) is 11.6. The van der Waals surface area contributed by atoms with E-state index in [0.717, 1.165) is 49.9 Å². The Labute approximate surface area is 287 Å². The number of nitrogens with one attached hydrogen (secondary N) is 1. The van der Waals surface area contributed by atoms with Crippen molar-refractivity contribution >= 4 is 27.6 Å². The van der Waals surface area contributed by atoms with Crippen LogP contribution in [0.1, 0.15) is 43.4 Å². The smallest absolute Gasteiger partial charge is 0.318 e. The molecule has 0 aromatic heterocycles. The molecule has 3 aliphatic heterocycles. The highest BCUT2D eigenvalue weighted by atomic mass is 32.2. The summed E-state index contributed by atoms with van der Waals surface area (Å²) in [6.07, 6.45) is 1.56. The Morgan fingerprint density at radius 2 is 1.65 bits per heavy atom. The number of anilines is 1. The van der Waals surface area contributed by atoms with E-state index in [1.54, 1.807) is 36.1 Å². The number of piperidine rings is 1. The fraction of sp³-hybridized carbons (Fsp3) is 0.417. The van der Waals surface area contributed by atoms with Crippen LogP contribution in [0.15, 0.2) is 71.6 Å². The van der Waals surface area contributed by atoms with E-state index in [1.165, 1.54) is 49.6 Å². The molecular formula is C36H42N6O6S. The van der Waals surface area contributed by atoms with Crippen molar-refractivity contribution in [3.05, 3.63) is 83.4 Å². The van der Waals surface area contributed by atoms with Gasteiger partial charge in [0.1, 0.15) is 11.5 Å². The second-order valence-electron chi connectivity index (χ2n) is 12.4. The summed E-state index contributed by atoms with van der Waals surface area (Å²) >= 11 is 0. The van der Waals surface area contributed by atoms with Gasteiger partial charge in [-0.3, -0.25) is 9.69 Å². The topological polar surface area (TPSA) is 136 Å². The molecule has 3 amide bonds. The Morgan fingerprint density at radius 3 is 2.29 bits per heavy atom. The lowest BCUT2D eigenvalue weighted by molar-refractivity contribution is -0.121. The van der Waals surface area contributed by atoms with Crippen molar-refractivity contribution in [3.8, 4) is 17.6 Å². The number of sulfonamides is 1. The van der Waals surface area contributed by atoms with E-state index in [1.807, 2.05) is 0 Å². The van der Waals surface area contributed by atoms with Gasteiger partial charge in [0, 0.05) is 56.4 Å². The molecule has 3 aromatic rings. The number of methoxy groups -OCH3 is 1. The summed E-state index contributed by atoms with van der Waals surface area (Å²) in [5.41, 5.74) is -1.36. The van der Waals surface area contributed by atoms with Crippen LogP contribution in [0.5, 0.6) is 11.5 Å². The molecule has 13 heteroatoms. The predicted octanol–water partition coefficient (Wildman–Crippen LogP) is 3.76. The summed E-state index contributed by atoms with van der Waals surface area (Å²) in [6, 6.07) is 18.8. The van der Waals surface area contributed by atoms with Gasteiger partial charge in [-0.1, -0.05) is 25.1 Å². The number of hydrogen-bond donors (Lipinski definition) is 1. The average Bonchev–Trinajstić information content (AvgIpc) is 3.39. The van der Waals surface area contributed by atoms with Gasteiger partial charge in [0.15, 0.2) is 5.54 Å². The fourth-order valence-electron chi connectivity index (χ4n) is 7.18. The van der Waals surface area contributed by atoms with Crippen molar-refractivity contribution in [3.63, 3.8) is 0 Å². The van der Waals surface area contributed by atoms with Crippen LogP contribution in [0.3, 0.4) is 0 Å². The Morgan fingerprint density at radius 1 is 0.959 bits per heavy atom. The van der Waals surface area contributed by atoms with Gasteiger partial charge in [0.25, 0.3) is 15.9 Å². The molecule has 3 aromatic carbocycles. The molecule has 0 saturated carbocycles. The van der Waals surface area contributed by atoms with Crippen LogP contribution in [-0.4, -0.2) is 101 Å². The van der Waals surface area contributed by atoms with E-state index in [2.05, 4.69) is 28.1 Å². The molecule has 0 radical (unpaired) electrons. The fourth-order valence-corrected chi connectivity index (χ4v) is 8.64. The summed E-state index contributed by atoms with van der Waals surface area (Å²) < 4.78 is 40.6. The minimum atomic E-state index is -4.51. The lowest BCUT2D eigenvalue weighted by Crippen LogP contribution is -2.59. The molecule has 0 bridgehead atoms. The first-order chi connectivity index (χ1) is 23.7. The first kappa shape index (κ1) is 34.2. The molecule has 49 heavy (non-hydrogen) atoms. The number of hydrogen-bond acceptors (Lipinski definition) is 9. The minimum absolute atomic E-state index is 0.0383. The molecule has 6 rings (SSSR count). The normalized spacial score (nSPS) is 20.5. The zero-order valence-electron chi connectivity index (χ0n) is 28.1. The lowest BCUT2D eigenvalue weighted by Gasteiger charge is -2.43. The summed E-state index contributed by atoms with van der Waals surface area (Å²) in [5.74, 6) is -0.150. The number of amides is 3. The van der Waals surface area contributed by atoms with Crippen LogP contribution in [0.4, 0.5) is 10.5 Å². The van der Waals surface area contributed by atoms with E-state index < -0.39 is 27.5 Å². The molecule has 2 saturated heterocycles. The first-order valence-electron chi connectivity index (χ1n) is 16.7. The van der Waals surface area contributed by atoms with Crippen molar-refractivity contribution in [2.45, 2.75) is 43.2 Å². The Bertz CT molecular complexity index is 1850. The number of piperazine rings is 1. The number of carbonyl (C=O) groups is 2. The minimum Gasteiger partial charge on any atom is -0.497 e. The Balaban J connectivity index is 1.40. The van der Waals surface area contributed by atoms with Crippen LogP contribution in [-0.2, 0) is 20.4 Å². The second kappa shape index (κ2) is 14.1. The molecule has 0 spiro atoms. The monoisotopic (exact) mass is 686 g/mol. The molecule has 12 nitrogen and oxygen atoms in total. The number of likely N-dealkylation sites (tertiary alicyclic amines) is 1. The highest BCUT2D eigenvalue weighted by Gasteiger charge is 2.58. The zero-order valence-corrected chi connectivity index (χ0v) is 28.9. The number of nitriles is 1. The second-order valence-corrected chi connectivity index (χ2v) is 14.2. The molecular weight excluding hydrogens is 644 g/mol. The van der Waals surface area contributed by atoms with Gasteiger partial charge in [-0.05, 0) is 74.8 Å². The first-order valence-corrected chi connectivity index (χ1v) is 18.2. The SMILES string of the molecule is CCOc1ccccc1C1(NC(=O)N2CCC(N3CCN(CC)CC3)CC2)C(=O)N(S(=O)(=O)c2ccc(OC)cc2)c2ccc(C#N)cc21. The lowest BCUT2D eigenvalue weighted by atomic mass is 9.82. The number of ether oxygens (including phenoxy) is 2. The van der Waals surface area contributed by atoms with Crippen molar-refractivity contribution in [2.24, 2.45) is 0 Å². The third kappa shape index (κ3) is 6.20. The number of rotatable bonds is 9. The third-order valence-electron chi connectivity index (χ3n) is 9.86. The largest absolute Gasteiger partial charge is 0.497 e. The van der Waals surface area contributed by atoms with Crippen molar-refractivity contribution in [1.29, 1.82) is 5.26 Å². The molecule has 3 heterocycles. The van der Waals surface area contributed by atoms with Crippen LogP contribution >= 0.6 is 0 Å². The summed E-state index contributed by atoms with van der Waals surface area (Å²) in [6.45, 7) is 10.3. The Kier molecular flexibility index (Phi) is 9.83. The van der Waals surface area contributed by atoms with E-state index in [4.69, 9.17) is 9.47 Å². The standard InChI is InChI=1S/C36H42N6O6S/c1-4-39-20-22-40(23-21-39)27-16-18-41(19-17-27)35(44)38-36(30-8-6-7-9-33(30)48-5-2)31-24-26(25-37)10-15-32(31)42(34(36)43)49(45,46)29-13-11-28(47-3)12-14-29/h6-15,24,27H,4-5,16-23H2,1-3H3,(H,38,44). The van der Waals surface area contributed by atoms with Crippen LogP contribution in [0, 0.1) is 11.3 Å². The van der Waals surface area contributed by atoms with E-state index in [-0.39, 0.29) is 33.9 Å². The quantitative estimate of drug-likeness (QED) is 0.357. The molecule has 1 N–H and O–H groups in total. The van der Waals surface area contributed by atoms with Gasteiger partial charge in [0.2, 0.25) is 0 Å². The molecule has 258 valence electrons. The van der Waals surface area contributed by atoms with E-state index >= 15 is 4.79 Å². The molecule has 3 aliphatic rings. The van der Waals surface area contributed by atoms with Crippen molar-refractivity contribution < 1.29 is 27.5 Å². The van der Waals surface area contributed by atoms with Crippen molar-refractivity contribution in [2.75, 3.05) is 63.8 Å². The highest BCUT2D eigenvalue weighted by molar-refractivity contribution is 7.93. The summed E-state index contributed by atoms with van der Waals surface area (Å²) in [4.78, 5) is 35.9. The molecule has 0 aliphatic carbocycles. The number of benzene rings is 3. The van der Waals surface area contributed by atoms with E-state index in [9.17, 15) is 18.5 Å². The Hall–Kier alpha value is -4.64. The summed E-state index contributed by atoms with van der Waals surface area (Å²) in [5, 5.41) is 12.9. The number of nitrogens with zero attached hydrogens (tertiary/aromatic N) is 5. The predicted molar refractivity (Wildman–Crippen MR) is 184 cm³/mol. The molecule has 2 fully saturated rings. The maximum Gasteiger partial charge on any atom is 0.318 e. The van der Waals surface area contributed by atoms with Crippen LogP contribution in [0.2, 0.25) is 0 Å². The number of urea groups is 1. The van der Waals surface area contributed by atoms with Crippen molar-refractivity contribution in [1.82, 2.24) is 20.0 Å². The zero-order chi connectivity index (χ0) is 34.8. The highest BCUT2D eigenvalue weighted by Crippen LogP contribution is 2.49. The van der Waals surface area contributed by atoms with Crippen LogP contribution < -0.4 is 19.1 Å². The van der Waals surface area contributed by atoms with Gasteiger partial charge in [-0.25, -0.2) is 13.2 Å². The molecule has 1 atom stereocenters. The van der Waals surface area contributed by atoms with Gasteiger partial charge in [-0.15, -0.1) is 0 Å². The number of fused-ring (bicyclic) bond motifs is 1. The maximum atomic E-state index is 15.1. The van der Waals surface area contributed by atoms with Crippen LogP contribution in [0.25, 0.3) is 0 Å². The summed E-state index contributed by atoms with van der Waals surface area (Å²) in [7, 11) is -3.03. The molecule has 1 unspecified atom stereocenters. The number of para-hydroxylation sites is 1. The van der Waals surface area contributed by atoms with E-state index in [0.29, 0.717) is 30.6 Å². The maximum absolute atomic E-state index is 15.1. The van der Waals surface area contributed by atoms with Gasteiger partial charge in [-0.2, -0.15) is 9.57 Å². The number of carbonyl (C=O) groups excluding carboxylic acids is 2. The van der Waals surface area contributed by atoms with Gasteiger partial charge >= 0.3 is 6.03 Å². The van der Waals surface area contributed by atoms with Gasteiger partial charge in [0.05, 0.1) is 35.9 Å².